The van der Waals surface area contributed by atoms with Crippen molar-refractivity contribution in [1.29, 1.82) is 0 Å². The van der Waals surface area contributed by atoms with Gasteiger partial charge in [0.15, 0.2) is 0 Å². The van der Waals surface area contributed by atoms with Crippen molar-refractivity contribution in [3.8, 4) is 0 Å². The summed E-state index contributed by atoms with van der Waals surface area (Å²) in [6.45, 7) is 7.58. The topological polar surface area (TPSA) is 21.3 Å². The number of rotatable bonds is 6. The Bertz CT molecular complexity index is 141. The molecule has 0 heterocycles. The van der Waals surface area contributed by atoms with E-state index in [1.807, 2.05) is 6.08 Å². The number of nitrogens with one attached hydrogen (secondary N) is 1. The van der Waals surface area contributed by atoms with Crippen molar-refractivity contribution >= 4 is 0 Å². The van der Waals surface area contributed by atoms with Gasteiger partial charge in [0.2, 0.25) is 0 Å². The van der Waals surface area contributed by atoms with Gasteiger partial charge in [-0.25, -0.2) is 0 Å². The molecule has 0 spiro atoms. The van der Waals surface area contributed by atoms with E-state index in [-0.39, 0.29) is 0 Å². The van der Waals surface area contributed by atoms with Crippen molar-refractivity contribution in [3.63, 3.8) is 0 Å². The zero-order valence-corrected chi connectivity index (χ0v) is 8.59. The fourth-order valence-corrected chi connectivity index (χ4v) is 1.65. The van der Waals surface area contributed by atoms with Gasteiger partial charge in [-0.3, -0.25) is 0 Å². The second-order valence-electron chi connectivity index (χ2n) is 3.76. The molecule has 0 radical (unpaired) electrons. The summed E-state index contributed by atoms with van der Waals surface area (Å²) in [5.41, 5.74) is 0. The van der Waals surface area contributed by atoms with Crippen molar-refractivity contribution in [2.75, 3.05) is 13.2 Å². The van der Waals surface area contributed by atoms with E-state index < -0.39 is 0 Å². The lowest BCUT2D eigenvalue weighted by molar-refractivity contribution is 0.0599. The zero-order chi connectivity index (χ0) is 9.52. The Morgan fingerprint density at radius 2 is 2.23 bits per heavy atom. The Balaban J connectivity index is 1.91. The highest BCUT2D eigenvalue weighted by Gasteiger charge is 2.14. The Hall–Kier alpha value is -0.340. The minimum Gasteiger partial charge on any atom is -0.377 e. The fraction of sp³-hybridized carbons (Fsp3) is 0.818. The van der Waals surface area contributed by atoms with E-state index in [1.165, 1.54) is 25.7 Å². The Morgan fingerprint density at radius 3 is 2.85 bits per heavy atom. The van der Waals surface area contributed by atoms with Gasteiger partial charge in [0.25, 0.3) is 0 Å². The van der Waals surface area contributed by atoms with Crippen molar-refractivity contribution in [2.45, 2.75) is 44.8 Å². The summed E-state index contributed by atoms with van der Waals surface area (Å²) in [7, 11) is 0. The maximum atomic E-state index is 5.70. The Morgan fingerprint density at radius 1 is 1.54 bits per heavy atom. The first-order valence-corrected chi connectivity index (χ1v) is 5.30. The molecular weight excluding hydrogens is 162 g/mol. The molecule has 1 saturated carbocycles. The molecule has 13 heavy (non-hydrogen) atoms. The largest absolute Gasteiger partial charge is 0.377 e. The predicted molar refractivity (Wildman–Crippen MR) is 55.9 cm³/mol. The van der Waals surface area contributed by atoms with Crippen LogP contribution in [0.15, 0.2) is 12.7 Å². The van der Waals surface area contributed by atoms with Crippen molar-refractivity contribution in [2.24, 2.45) is 0 Å². The summed E-state index contributed by atoms with van der Waals surface area (Å²) in [5, 5.41) is 3.31. The van der Waals surface area contributed by atoms with Crippen molar-refractivity contribution < 1.29 is 4.74 Å². The standard InChI is InChI=1S/C11H21NO/c1-3-10(2)12-8-9-13-11-6-4-5-7-11/h3,10-12H,1,4-9H2,2H3. The third-order valence-corrected chi connectivity index (χ3v) is 2.58. The van der Waals surface area contributed by atoms with E-state index in [4.69, 9.17) is 4.74 Å². The van der Waals surface area contributed by atoms with Gasteiger partial charge in [0, 0.05) is 12.6 Å². The van der Waals surface area contributed by atoms with Crippen LogP contribution in [0, 0.1) is 0 Å². The molecule has 1 fully saturated rings. The molecule has 0 aromatic rings. The first-order chi connectivity index (χ1) is 6.33. The smallest absolute Gasteiger partial charge is 0.0594 e. The highest BCUT2D eigenvalue weighted by atomic mass is 16.5. The van der Waals surface area contributed by atoms with E-state index in [0.717, 1.165) is 13.2 Å². The second-order valence-corrected chi connectivity index (χ2v) is 3.76. The number of ether oxygens (including phenoxy) is 1. The quantitative estimate of drug-likeness (QED) is 0.503. The third kappa shape index (κ3) is 4.44. The molecule has 0 aliphatic heterocycles. The van der Waals surface area contributed by atoms with Crippen LogP contribution < -0.4 is 5.32 Å². The van der Waals surface area contributed by atoms with E-state index in [2.05, 4.69) is 18.8 Å². The van der Waals surface area contributed by atoms with Crippen LogP contribution in [-0.2, 0) is 4.74 Å². The summed E-state index contributed by atoms with van der Waals surface area (Å²) in [6, 6.07) is 0.396. The summed E-state index contributed by atoms with van der Waals surface area (Å²) >= 11 is 0. The van der Waals surface area contributed by atoms with E-state index in [9.17, 15) is 0 Å². The molecule has 2 nitrogen and oxygen atoms in total. The van der Waals surface area contributed by atoms with E-state index >= 15 is 0 Å². The molecule has 76 valence electrons. The Kier molecular flexibility index (Phi) is 5.09. The lowest BCUT2D eigenvalue weighted by Crippen LogP contribution is -2.28. The maximum Gasteiger partial charge on any atom is 0.0594 e. The number of hydrogen-bond donors (Lipinski definition) is 1. The molecular formula is C11H21NO. The lowest BCUT2D eigenvalue weighted by atomic mass is 10.3. The van der Waals surface area contributed by atoms with Crippen LogP contribution in [0.1, 0.15) is 32.6 Å². The van der Waals surface area contributed by atoms with Gasteiger partial charge in [0.05, 0.1) is 12.7 Å². The van der Waals surface area contributed by atoms with Gasteiger partial charge < -0.3 is 10.1 Å². The van der Waals surface area contributed by atoms with Crippen LogP contribution in [0.3, 0.4) is 0 Å². The highest BCUT2D eigenvalue weighted by molar-refractivity contribution is 4.80. The molecule has 0 aromatic heterocycles. The minimum absolute atomic E-state index is 0.396. The van der Waals surface area contributed by atoms with Crippen molar-refractivity contribution in [1.82, 2.24) is 5.32 Å². The molecule has 0 amide bonds. The molecule has 1 atom stereocenters. The monoisotopic (exact) mass is 183 g/mol. The van der Waals surface area contributed by atoms with Crippen LogP contribution in [0.5, 0.6) is 0 Å². The zero-order valence-electron chi connectivity index (χ0n) is 8.59. The van der Waals surface area contributed by atoms with Crippen LogP contribution in [0.2, 0.25) is 0 Å². The van der Waals surface area contributed by atoms with Crippen molar-refractivity contribution in [3.05, 3.63) is 12.7 Å². The first kappa shape index (κ1) is 10.7. The maximum absolute atomic E-state index is 5.70. The van der Waals surface area contributed by atoms with Gasteiger partial charge >= 0.3 is 0 Å². The molecule has 1 rings (SSSR count). The predicted octanol–water partition coefficient (Wildman–Crippen LogP) is 2.11. The second kappa shape index (κ2) is 6.17. The van der Waals surface area contributed by atoms with E-state index in [0.29, 0.717) is 12.1 Å². The molecule has 0 bridgehead atoms. The van der Waals surface area contributed by atoms with Gasteiger partial charge in [-0.15, -0.1) is 6.58 Å². The van der Waals surface area contributed by atoms with Crippen LogP contribution >= 0.6 is 0 Å². The molecule has 1 aliphatic carbocycles. The SMILES string of the molecule is C=CC(C)NCCOC1CCCC1. The fourth-order valence-electron chi connectivity index (χ4n) is 1.65. The lowest BCUT2D eigenvalue weighted by Gasteiger charge is -2.13. The van der Waals surface area contributed by atoms with Crippen LogP contribution in [-0.4, -0.2) is 25.3 Å². The molecule has 0 saturated heterocycles. The van der Waals surface area contributed by atoms with Crippen LogP contribution in [0.25, 0.3) is 0 Å². The molecule has 1 unspecified atom stereocenters. The normalized spacial score (nSPS) is 20.4. The molecule has 0 aromatic carbocycles. The highest BCUT2D eigenvalue weighted by Crippen LogP contribution is 2.20. The molecule has 1 aliphatic rings. The van der Waals surface area contributed by atoms with Gasteiger partial charge in [-0.1, -0.05) is 18.9 Å². The summed E-state index contributed by atoms with van der Waals surface area (Å²) < 4.78 is 5.70. The summed E-state index contributed by atoms with van der Waals surface area (Å²) in [4.78, 5) is 0. The van der Waals surface area contributed by atoms with E-state index in [1.54, 1.807) is 0 Å². The van der Waals surface area contributed by atoms with Crippen LogP contribution in [0.4, 0.5) is 0 Å². The third-order valence-electron chi connectivity index (χ3n) is 2.58. The van der Waals surface area contributed by atoms with Gasteiger partial charge in [-0.2, -0.15) is 0 Å². The minimum atomic E-state index is 0.396. The average Bonchev–Trinajstić information content (AvgIpc) is 2.64. The first-order valence-electron chi connectivity index (χ1n) is 5.30. The summed E-state index contributed by atoms with van der Waals surface area (Å²) in [5.74, 6) is 0. The van der Waals surface area contributed by atoms with Gasteiger partial charge in [-0.05, 0) is 19.8 Å². The average molecular weight is 183 g/mol. The van der Waals surface area contributed by atoms with Gasteiger partial charge in [0.1, 0.15) is 0 Å². The number of hydrogen-bond acceptors (Lipinski definition) is 2. The summed E-state index contributed by atoms with van der Waals surface area (Å²) in [6.07, 6.45) is 7.67. The molecule has 2 heteroatoms. The molecule has 1 N–H and O–H groups in total. The Labute approximate surface area is 81.4 Å².